The molecule has 0 bridgehead atoms. The van der Waals surface area contributed by atoms with Crippen molar-refractivity contribution in [1.29, 1.82) is 0 Å². The Balaban J connectivity index is 1.59. The number of carbonyl (C=O) groups excluding carboxylic acids is 3. The van der Waals surface area contributed by atoms with E-state index >= 15 is 0 Å². The Morgan fingerprint density at radius 3 is 2.75 bits per heavy atom. The van der Waals surface area contributed by atoms with Crippen molar-refractivity contribution in [1.82, 2.24) is 20.1 Å². The van der Waals surface area contributed by atoms with Crippen molar-refractivity contribution in [3.63, 3.8) is 0 Å². The lowest BCUT2D eigenvalue weighted by atomic mass is 10.2. The number of hydrogen-bond donors (Lipinski definition) is 2. The van der Waals surface area contributed by atoms with Crippen LogP contribution in [0.15, 0.2) is 24.3 Å². The first-order chi connectivity index (χ1) is 13.5. The number of H-pyrrole nitrogens is 1. The van der Waals surface area contributed by atoms with Crippen LogP contribution in [0, 0.1) is 0 Å². The quantitative estimate of drug-likeness (QED) is 0.661. The van der Waals surface area contributed by atoms with Gasteiger partial charge < -0.3 is 29.6 Å². The predicted molar refractivity (Wildman–Crippen MR) is 102 cm³/mol. The molecule has 1 aromatic carbocycles. The number of benzene rings is 1. The number of nitrogens with one attached hydrogen (secondary N) is 2. The molecule has 1 saturated heterocycles. The summed E-state index contributed by atoms with van der Waals surface area (Å²) >= 11 is 0. The second-order valence-electron chi connectivity index (χ2n) is 6.52. The summed E-state index contributed by atoms with van der Waals surface area (Å²) in [5.74, 6) is -0.0392. The van der Waals surface area contributed by atoms with E-state index in [1.807, 2.05) is 18.2 Å². The topological polar surface area (TPSA) is 104 Å². The van der Waals surface area contributed by atoms with Gasteiger partial charge in [-0.05, 0) is 18.2 Å². The fourth-order valence-electron chi connectivity index (χ4n) is 3.09. The Hall–Kier alpha value is -3.07. The summed E-state index contributed by atoms with van der Waals surface area (Å²) in [6, 6.07) is 7.27. The number of aromatic nitrogens is 1. The third-order valence-electron chi connectivity index (χ3n) is 4.63. The Kier molecular flexibility index (Phi) is 6.15. The summed E-state index contributed by atoms with van der Waals surface area (Å²) in [4.78, 5) is 43.0. The van der Waals surface area contributed by atoms with E-state index in [1.54, 1.807) is 20.3 Å². The van der Waals surface area contributed by atoms with E-state index in [-0.39, 0.29) is 30.8 Å². The molecular weight excluding hydrogens is 364 g/mol. The molecule has 1 aliphatic heterocycles. The second kappa shape index (κ2) is 8.75. The molecule has 1 aromatic heterocycles. The van der Waals surface area contributed by atoms with Crippen LogP contribution in [0.5, 0.6) is 5.75 Å². The Labute approximate surface area is 162 Å². The molecular formula is C19H24N4O5. The van der Waals surface area contributed by atoms with Crippen molar-refractivity contribution in [2.45, 2.75) is 0 Å². The molecule has 0 saturated carbocycles. The SMILES string of the molecule is COCCNC(=O)CN1CCN(C(=O)c2cc3ccc(OC)cc3[nH]2)CC1=O. The third kappa shape index (κ3) is 4.42. The van der Waals surface area contributed by atoms with E-state index in [0.717, 1.165) is 10.9 Å². The first-order valence-corrected chi connectivity index (χ1v) is 9.01. The summed E-state index contributed by atoms with van der Waals surface area (Å²) in [6.07, 6.45) is 0. The van der Waals surface area contributed by atoms with Gasteiger partial charge in [0.15, 0.2) is 0 Å². The zero-order valence-electron chi connectivity index (χ0n) is 16.0. The Morgan fingerprint density at radius 1 is 1.21 bits per heavy atom. The first-order valence-electron chi connectivity index (χ1n) is 9.01. The van der Waals surface area contributed by atoms with Crippen LogP contribution in [-0.2, 0) is 14.3 Å². The van der Waals surface area contributed by atoms with E-state index in [0.29, 0.717) is 37.7 Å². The van der Waals surface area contributed by atoms with Gasteiger partial charge in [-0.3, -0.25) is 14.4 Å². The number of carbonyl (C=O) groups is 3. The molecule has 2 aromatic rings. The maximum atomic E-state index is 12.8. The van der Waals surface area contributed by atoms with Gasteiger partial charge in [-0.1, -0.05) is 0 Å². The molecule has 3 rings (SSSR count). The van der Waals surface area contributed by atoms with Crippen LogP contribution in [0.1, 0.15) is 10.5 Å². The highest BCUT2D eigenvalue weighted by Gasteiger charge is 2.29. The second-order valence-corrected chi connectivity index (χ2v) is 6.52. The summed E-state index contributed by atoms with van der Waals surface area (Å²) in [5, 5.41) is 3.57. The largest absolute Gasteiger partial charge is 0.497 e. The van der Waals surface area contributed by atoms with Gasteiger partial charge in [0.25, 0.3) is 5.91 Å². The van der Waals surface area contributed by atoms with Crippen LogP contribution in [0.25, 0.3) is 10.9 Å². The molecule has 0 atom stereocenters. The average molecular weight is 388 g/mol. The van der Waals surface area contributed by atoms with Gasteiger partial charge in [-0.25, -0.2) is 0 Å². The number of methoxy groups -OCH3 is 2. The summed E-state index contributed by atoms with van der Waals surface area (Å²) in [6.45, 7) is 1.43. The molecule has 9 nitrogen and oxygen atoms in total. The van der Waals surface area contributed by atoms with Crippen LogP contribution >= 0.6 is 0 Å². The minimum Gasteiger partial charge on any atom is -0.497 e. The van der Waals surface area contributed by atoms with Gasteiger partial charge in [-0.15, -0.1) is 0 Å². The van der Waals surface area contributed by atoms with Crippen molar-refractivity contribution in [2.24, 2.45) is 0 Å². The maximum Gasteiger partial charge on any atom is 0.270 e. The molecule has 3 amide bonds. The van der Waals surface area contributed by atoms with E-state index in [2.05, 4.69) is 10.3 Å². The van der Waals surface area contributed by atoms with Gasteiger partial charge >= 0.3 is 0 Å². The highest BCUT2D eigenvalue weighted by molar-refractivity contribution is 6.00. The van der Waals surface area contributed by atoms with Gasteiger partial charge in [0.1, 0.15) is 18.0 Å². The fraction of sp³-hybridized carbons (Fsp3) is 0.421. The lowest BCUT2D eigenvalue weighted by Gasteiger charge is -2.33. The van der Waals surface area contributed by atoms with Crippen molar-refractivity contribution in [3.8, 4) is 5.75 Å². The van der Waals surface area contributed by atoms with E-state index in [1.165, 1.54) is 9.80 Å². The van der Waals surface area contributed by atoms with E-state index in [9.17, 15) is 14.4 Å². The molecule has 1 aliphatic rings. The third-order valence-corrected chi connectivity index (χ3v) is 4.63. The molecule has 2 heterocycles. The van der Waals surface area contributed by atoms with Crippen LogP contribution in [-0.4, -0.2) is 86.1 Å². The predicted octanol–water partition coefficient (Wildman–Crippen LogP) is 0.224. The first kappa shape index (κ1) is 19.7. The number of aromatic amines is 1. The van der Waals surface area contributed by atoms with Crippen LogP contribution in [0.3, 0.4) is 0 Å². The number of hydrogen-bond acceptors (Lipinski definition) is 5. The van der Waals surface area contributed by atoms with Gasteiger partial charge in [0, 0.05) is 43.7 Å². The van der Waals surface area contributed by atoms with Crippen LogP contribution < -0.4 is 10.1 Å². The Bertz CT molecular complexity index is 878. The highest BCUT2D eigenvalue weighted by atomic mass is 16.5. The number of nitrogens with zero attached hydrogens (tertiary/aromatic N) is 2. The molecule has 28 heavy (non-hydrogen) atoms. The maximum absolute atomic E-state index is 12.8. The normalized spacial score (nSPS) is 14.4. The zero-order chi connectivity index (χ0) is 20.1. The van der Waals surface area contributed by atoms with Gasteiger partial charge in [0.2, 0.25) is 11.8 Å². The van der Waals surface area contributed by atoms with Gasteiger partial charge in [0.05, 0.1) is 20.3 Å². The summed E-state index contributed by atoms with van der Waals surface area (Å²) in [7, 11) is 3.13. The summed E-state index contributed by atoms with van der Waals surface area (Å²) in [5.41, 5.74) is 1.21. The van der Waals surface area contributed by atoms with Gasteiger partial charge in [-0.2, -0.15) is 0 Å². The van der Waals surface area contributed by atoms with Crippen LogP contribution in [0.2, 0.25) is 0 Å². The van der Waals surface area contributed by atoms with Crippen molar-refractivity contribution in [3.05, 3.63) is 30.0 Å². The molecule has 150 valence electrons. The minimum atomic E-state index is -0.251. The molecule has 0 unspecified atom stereocenters. The molecule has 1 fully saturated rings. The number of fused-ring (bicyclic) bond motifs is 1. The lowest BCUT2D eigenvalue weighted by Crippen LogP contribution is -2.54. The van der Waals surface area contributed by atoms with Crippen LogP contribution in [0.4, 0.5) is 0 Å². The lowest BCUT2D eigenvalue weighted by molar-refractivity contribution is -0.139. The standard InChI is InChI=1S/C19H24N4O5/c1-27-8-5-20-17(24)11-22-6-7-23(12-18(22)25)19(26)16-9-13-3-4-14(28-2)10-15(13)21-16/h3-4,9-10,21H,5-8,11-12H2,1-2H3,(H,20,24). The van der Waals surface area contributed by atoms with Crippen molar-refractivity contribution < 1.29 is 23.9 Å². The molecule has 9 heteroatoms. The minimum absolute atomic E-state index is 0.0171. The monoisotopic (exact) mass is 388 g/mol. The number of amides is 3. The molecule has 0 spiro atoms. The van der Waals surface area contributed by atoms with E-state index in [4.69, 9.17) is 9.47 Å². The zero-order valence-corrected chi connectivity index (χ0v) is 16.0. The average Bonchev–Trinajstić information content (AvgIpc) is 3.12. The molecule has 0 radical (unpaired) electrons. The Morgan fingerprint density at radius 2 is 2.04 bits per heavy atom. The molecule has 2 N–H and O–H groups in total. The van der Waals surface area contributed by atoms with Crippen molar-refractivity contribution >= 4 is 28.6 Å². The summed E-state index contributed by atoms with van der Waals surface area (Å²) < 4.78 is 10.1. The number of ether oxygens (including phenoxy) is 2. The molecule has 0 aliphatic carbocycles. The van der Waals surface area contributed by atoms with E-state index < -0.39 is 0 Å². The number of piperazine rings is 1. The van der Waals surface area contributed by atoms with Crippen molar-refractivity contribution in [2.75, 3.05) is 53.6 Å². The smallest absolute Gasteiger partial charge is 0.270 e. The highest BCUT2D eigenvalue weighted by Crippen LogP contribution is 2.22. The fourth-order valence-corrected chi connectivity index (χ4v) is 3.09. The number of rotatable bonds is 7.